The van der Waals surface area contributed by atoms with Crippen molar-refractivity contribution in [3.8, 4) is 0 Å². The molecule has 4 aromatic heterocycles. The number of carbonyl (C=O) groups excluding carboxylic acids is 1. The molecule has 192 valence electrons. The monoisotopic (exact) mass is 543 g/mol. The van der Waals surface area contributed by atoms with Gasteiger partial charge in [0.25, 0.3) is 0 Å². The first kappa shape index (κ1) is 23.3. The molecule has 1 aliphatic carbocycles. The molecule has 1 saturated heterocycles. The number of aromatic amines is 1. The zero-order chi connectivity index (χ0) is 25.6. The van der Waals surface area contributed by atoms with Crippen LogP contribution in [-0.4, -0.2) is 56.9 Å². The van der Waals surface area contributed by atoms with E-state index in [-0.39, 0.29) is 16.7 Å². The van der Waals surface area contributed by atoms with Gasteiger partial charge >= 0.3 is 4.87 Å². The highest BCUT2D eigenvalue weighted by molar-refractivity contribution is 7.19. The lowest BCUT2D eigenvalue weighted by Crippen LogP contribution is -2.51. The lowest BCUT2D eigenvalue weighted by Gasteiger charge is -2.37. The van der Waals surface area contributed by atoms with Gasteiger partial charge in [-0.2, -0.15) is 0 Å². The van der Waals surface area contributed by atoms with Crippen LogP contribution in [0.2, 0.25) is 0 Å². The lowest BCUT2D eigenvalue weighted by molar-refractivity contribution is -0.136. The summed E-state index contributed by atoms with van der Waals surface area (Å²) in [5.41, 5.74) is 2.96. The molecule has 1 aliphatic heterocycles. The summed E-state index contributed by atoms with van der Waals surface area (Å²) in [7, 11) is 0. The Balaban J connectivity index is 1.08. The van der Waals surface area contributed by atoms with Crippen molar-refractivity contribution in [2.45, 2.75) is 19.3 Å². The maximum Gasteiger partial charge on any atom is 0.305 e. The van der Waals surface area contributed by atoms with Crippen LogP contribution >= 0.6 is 22.7 Å². The van der Waals surface area contributed by atoms with Gasteiger partial charge in [0.05, 0.1) is 15.6 Å². The SMILES string of the molecule is O=C([C@@H]1CCc2c(sc3ncnc(Nc4ccc5[nH]c(=O)sc5c4)c23)C1)N1CCN(c2ccccn2)CC1. The number of aryl methyl sites for hydroxylation is 1. The van der Waals surface area contributed by atoms with Crippen LogP contribution in [0.1, 0.15) is 16.9 Å². The van der Waals surface area contributed by atoms with Gasteiger partial charge < -0.3 is 20.1 Å². The zero-order valence-electron chi connectivity index (χ0n) is 20.5. The molecule has 2 aliphatic rings. The van der Waals surface area contributed by atoms with E-state index in [0.29, 0.717) is 0 Å². The summed E-state index contributed by atoms with van der Waals surface area (Å²) in [6.07, 6.45) is 5.81. The van der Waals surface area contributed by atoms with Crippen molar-refractivity contribution in [3.05, 3.63) is 69.0 Å². The van der Waals surface area contributed by atoms with E-state index in [1.54, 1.807) is 17.7 Å². The average molecular weight is 544 g/mol. The third kappa shape index (κ3) is 4.21. The third-order valence-corrected chi connectivity index (χ3v) is 9.45. The van der Waals surface area contributed by atoms with Crippen molar-refractivity contribution < 1.29 is 4.79 Å². The summed E-state index contributed by atoms with van der Waals surface area (Å²) >= 11 is 2.87. The topological polar surface area (TPSA) is 107 Å². The molecule has 2 N–H and O–H groups in total. The number of rotatable bonds is 4. The van der Waals surface area contributed by atoms with Crippen molar-refractivity contribution in [1.29, 1.82) is 0 Å². The fourth-order valence-electron chi connectivity index (χ4n) is 5.53. The smallest absolute Gasteiger partial charge is 0.305 e. The van der Waals surface area contributed by atoms with Gasteiger partial charge in [-0.3, -0.25) is 9.59 Å². The van der Waals surface area contributed by atoms with Crippen LogP contribution in [0.25, 0.3) is 20.4 Å². The van der Waals surface area contributed by atoms with Crippen molar-refractivity contribution in [2.75, 3.05) is 36.4 Å². The second-order valence-electron chi connectivity index (χ2n) is 9.70. The number of benzene rings is 1. The van der Waals surface area contributed by atoms with Crippen molar-refractivity contribution >= 4 is 66.3 Å². The highest BCUT2D eigenvalue weighted by Gasteiger charge is 2.33. The van der Waals surface area contributed by atoms with E-state index in [1.165, 1.54) is 21.8 Å². The van der Waals surface area contributed by atoms with E-state index in [2.05, 4.69) is 30.2 Å². The summed E-state index contributed by atoms with van der Waals surface area (Å²) < 4.78 is 0.903. The highest BCUT2D eigenvalue weighted by atomic mass is 32.1. The fourth-order valence-corrected chi connectivity index (χ4v) is 7.57. The summed E-state index contributed by atoms with van der Waals surface area (Å²) in [6, 6.07) is 11.8. The molecule has 1 amide bonds. The fraction of sp³-hybridized carbons (Fsp3) is 0.296. The number of thiophene rings is 1. The minimum absolute atomic E-state index is 0.0000959. The van der Waals surface area contributed by atoms with Crippen LogP contribution in [-0.2, 0) is 17.6 Å². The van der Waals surface area contributed by atoms with Crippen LogP contribution < -0.4 is 15.1 Å². The molecule has 7 rings (SSSR count). The molecule has 5 heterocycles. The zero-order valence-corrected chi connectivity index (χ0v) is 22.1. The maximum atomic E-state index is 13.5. The van der Waals surface area contributed by atoms with Gasteiger partial charge in [0, 0.05) is 48.9 Å². The second kappa shape index (κ2) is 9.48. The van der Waals surface area contributed by atoms with Gasteiger partial charge in [-0.25, -0.2) is 15.0 Å². The quantitative estimate of drug-likeness (QED) is 0.350. The molecular formula is C27H25N7O2S2. The molecule has 1 fully saturated rings. The Morgan fingerprint density at radius 1 is 1.05 bits per heavy atom. The van der Waals surface area contributed by atoms with Crippen molar-refractivity contribution in [1.82, 2.24) is 24.8 Å². The molecule has 1 aromatic carbocycles. The normalized spacial score (nSPS) is 17.6. The molecular weight excluding hydrogens is 518 g/mol. The predicted molar refractivity (Wildman–Crippen MR) is 152 cm³/mol. The molecule has 5 aromatic rings. The van der Waals surface area contributed by atoms with Gasteiger partial charge in [0.1, 0.15) is 22.8 Å². The van der Waals surface area contributed by atoms with E-state index in [4.69, 9.17) is 0 Å². The van der Waals surface area contributed by atoms with Crippen LogP contribution in [0.4, 0.5) is 17.3 Å². The molecule has 0 bridgehead atoms. The minimum Gasteiger partial charge on any atom is -0.353 e. The van der Waals surface area contributed by atoms with Crippen LogP contribution in [0, 0.1) is 5.92 Å². The van der Waals surface area contributed by atoms with E-state index in [0.717, 1.165) is 83.2 Å². The Kier molecular flexibility index (Phi) is 5.81. The van der Waals surface area contributed by atoms with Gasteiger partial charge in [-0.1, -0.05) is 17.4 Å². The van der Waals surface area contributed by atoms with E-state index in [1.807, 2.05) is 47.5 Å². The van der Waals surface area contributed by atoms with E-state index in [9.17, 15) is 9.59 Å². The highest BCUT2D eigenvalue weighted by Crippen LogP contribution is 2.41. The number of thiazole rings is 1. The Labute approximate surface area is 226 Å². The number of carbonyl (C=O) groups is 1. The van der Waals surface area contributed by atoms with Crippen molar-refractivity contribution in [3.63, 3.8) is 0 Å². The van der Waals surface area contributed by atoms with Gasteiger partial charge in [-0.05, 0) is 55.2 Å². The molecule has 38 heavy (non-hydrogen) atoms. The summed E-state index contributed by atoms with van der Waals surface area (Å²) in [5, 5.41) is 4.50. The Morgan fingerprint density at radius 2 is 1.95 bits per heavy atom. The average Bonchev–Trinajstić information content (AvgIpc) is 3.52. The Hall–Kier alpha value is -3.83. The summed E-state index contributed by atoms with van der Waals surface area (Å²) in [4.78, 5) is 48.0. The second-order valence-corrected chi connectivity index (χ2v) is 11.8. The van der Waals surface area contributed by atoms with Crippen molar-refractivity contribution in [2.24, 2.45) is 5.92 Å². The number of hydrogen-bond donors (Lipinski definition) is 2. The first-order valence-corrected chi connectivity index (χ1v) is 14.4. The number of nitrogens with one attached hydrogen (secondary N) is 2. The number of hydrogen-bond acceptors (Lipinski definition) is 9. The summed E-state index contributed by atoms with van der Waals surface area (Å²) in [6.45, 7) is 3.06. The third-order valence-electron chi connectivity index (χ3n) is 7.44. The molecule has 0 spiro atoms. The number of H-pyrrole nitrogens is 1. The van der Waals surface area contributed by atoms with E-state index < -0.39 is 0 Å². The number of nitrogens with zero attached hydrogens (tertiary/aromatic N) is 5. The van der Waals surface area contributed by atoms with Crippen LogP contribution in [0.3, 0.4) is 0 Å². The first-order chi connectivity index (χ1) is 18.6. The molecule has 11 heteroatoms. The number of pyridine rings is 1. The molecule has 0 unspecified atom stereocenters. The molecule has 0 radical (unpaired) electrons. The number of piperazine rings is 1. The Morgan fingerprint density at radius 3 is 2.79 bits per heavy atom. The first-order valence-electron chi connectivity index (χ1n) is 12.7. The van der Waals surface area contributed by atoms with E-state index >= 15 is 0 Å². The standard InChI is InChI=1S/C27H25N7O2S2/c35-26(34-11-9-33(10-12-34)22-3-1-2-8-28-22)16-4-6-18-20(13-16)37-25-23(18)24(29-15-30-25)31-17-5-7-19-21(14-17)38-27(36)32-19/h1-3,5,7-8,14-16H,4,6,9-13H2,(H,32,36)(H,29,30,31)/t16-/m1/s1. The molecule has 1 atom stereocenters. The largest absolute Gasteiger partial charge is 0.353 e. The number of fused-ring (bicyclic) bond motifs is 4. The van der Waals surface area contributed by atoms with Gasteiger partial charge in [0.15, 0.2) is 0 Å². The summed E-state index contributed by atoms with van der Waals surface area (Å²) in [5.74, 6) is 2.00. The van der Waals surface area contributed by atoms with Crippen LogP contribution in [0.5, 0.6) is 0 Å². The number of amides is 1. The molecule has 9 nitrogen and oxygen atoms in total. The number of aromatic nitrogens is 4. The van der Waals surface area contributed by atoms with Gasteiger partial charge in [0.2, 0.25) is 5.91 Å². The van der Waals surface area contributed by atoms with Crippen LogP contribution in [0.15, 0.2) is 53.7 Å². The minimum atomic E-state index is -0.0623. The number of anilines is 3. The molecule has 0 saturated carbocycles. The predicted octanol–water partition coefficient (Wildman–Crippen LogP) is 4.19. The van der Waals surface area contributed by atoms with Gasteiger partial charge in [-0.15, -0.1) is 11.3 Å². The lowest BCUT2D eigenvalue weighted by atomic mass is 9.86. The Bertz CT molecular complexity index is 1700. The maximum absolute atomic E-state index is 13.5.